The maximum atomic E-state index is 11.6. The average Bonchev–Trinajstić information content (AvgIpc) is 2.67. The molecular formula is C8H15N3O3. The summed E-state index contributed by atoms with van der Waals surface area (Å²) in [5.74, 6) is -1.55. The van der Waals surface area contributed by atoms with Crippen LogP contribution in [0.25, 0.3) is 0 Å². The summed E-state index contributed by atoms with van der Waals surface area (Å²) in [6.45, 7) is 0.769. The third kappa shape index (κ3) is 2.28. The van der Waals surface area contributed by atoms with Gasteiger partial charge < -0.3 is 21.9 Å². The maximum Gasteiger partial charge on any atom is 0.322 e. The molecule has 0 aromatic heterocycles. The van der Waals surface area contributed by atoms with Crippen LogP contribution in [0, 0.1) is 0 Å². The molecule has 1 saturated heterocycles. The molecule has 1 rings (SSSR count). The van der Waals surface area contributed by atoms with Gasteiger partial charge in [-0.15, -0.1) is 0 Å². The van der Waals surface area contributed by atoms with Gasteiger partial charge in [-0.1, -0.05) is 0 Å². The molecule has 3 atom stereocenters. The van der Waals surface area contributed by atoms with E-state index in [0.717, 1.165) is 13.0 Å². The monoisotopic (exact) mass is 201 g/mol. The lowest BCUT2D eigenvalue weighted by atomic mass is 9.99. The van der Waals surface area contributed by atoms with Crippen molar-refractivity contribution in [2.24, 2.45) is 11.5 Å². The van der Waals surface area contributed by atoms with Crippen LogP contribution in [0.4, 0.5) is 0 Å². The zero-order valence-electron chi connectivity index (χ0n) is 7.77. The van der Waals surface area contributed by atoms with Crippen LogP contribution in [-0.2, 0) is 9.59 Å². The first-order valence-electron chi connectivity index (χ1n) is 4.55. The molecule has 0 spiro atoms. The maximum absolute atomic E-state index is 11.6. The van der Waals surface area contributed by atoms with Gasteiger partial charge in [0.2, 0.25) is 0 Å². The quantitative estimate of drug-likeness (QED) is 0.419. The van der Waals surface area contributed by atoms with Crippen molar-refractivity contribution in [3.63, 3.8) is 0 Å². The van der Waals surface area contributed by atoms with Crippen LogP contribution in [0.2, 0.25) is 0 Å². The van der Waals surface area contributed by atoms with Crippen molar-refractivity contribution in [2.45, 2.75) is 31.0 Å². The van der Waals surface area contributed by atoms with Crippen LogP contribution in [0.1, 0.15) is 12.8 Å². The highest BCUT2D eigenvalue weighted by atomic mass is 16.4. The molecular weight excluding hydrogens is 186 g/mol. The molecule has 1 fully saturated rings. The van der Waals surface area contributed by atoms with Crippen LogP contribution < -0.4 is 16.8 Å². The van der Waals surface area contributed by atoms with Crippen LogP contribution in [-0.4, -0.2) is 41.5 Å². The summed E-state index contributed by atoms with van der Waals surface area (Å²) in [6, 6.07) is -2.76. The van der Waals surface area contributed by atoms with Crippen molar-refractivity contribution >= 4 is 11.8 Å². The number of nitrogens with two attached hydrogens (primary N) is 2. The van der Waals surface area contributed by atoms with Crippen LogP contribution in [0.5, 0.6) is 0 Å². The summed E-state index contributed by atoms with van der Waals surface area (Å²) in [7, 11) is 0. The molecule has 1 aliphatic heterocycles. The lowest BCUT2D eigenvalue weighted by Crippen LogP contribution is -2.55. The number of carbonyl (C=O) groups excluding carboxylic acids is 1. The largest absolute Gasteiger partial charge is 0.480 e. The highest BCUT2D eigenvalue weighted by Crippen LogP contribution is 2.08. The Morgan fingerprint density at radius 2 is 2.00 bits per heavy atom. The van der Waals surface area contributed by atoms with Gasteiger partial charge in [-0.25, -0.2) is 0 Å². The van der Waals surface area contributed by atoms with E-state index in [4.69, 9.17) is 16.6 Å². The number of nitrogens with one attached hydrogen (secondary N) is 1. The molecule has 0 aromatic carbocycles. The summed E-state index contributed by atoms with van der Waals surface area (Å²) in [5.41, 5.74) is 10.7. The van der Waals surface area contributed by atoms with E-state index >= 15 is 0 Å². The van der Waals surface area contributed by atoms with E-state index in [-0.39, 0.29) is 11.8 Å². The summed E-state index contributed by atoms with van der Waals surface area (Å²) in [4.78, 5) is 22.0. The van der Waals surface area contributed by atoms with Gasteiger partial charge in [0.1, 0.15) is 6.04 Å². The fourth-order valence-corrected chi connectivity index (χ4v) is 1.49. The lowest BCUT2D eigenvalue weighted by Gasteiger charge is -2.18. The number of Topliss-reactive ketones (excluding diaryl/α,β-unsaturated/α-hetero) is 1. The molecule has 6 nitrogen and oxygen atoms in total. The summed E-state index contributed by atoms with van der Waals surface area (Å²) in [6.07, 6.45) is 1.62. The van der Waals surface area contributed by atoms with Crippen molar-refractivity contribution in [2.75, 3.05) is 6.54 Å². The number of carboxylic acid groups (broad SMARTS) is 1. The van der Waals surface area contributed by atoms with E-state index in [2.05, 4.69) is 5.32 Å². The van der Waals surface area contributed by atoms with Gasteiger partial charge >= 0.3 is 5.97 Å². The van der Waals surface area contributed by atoms with Gasteiger partial charge in [0.25, 0.3) is 0 Å². The Bertz CT molecular complexity index is 238. The first-order chi connectivity index (χ1) is 6.54. The Hall–Kier alpha value is -0.980. The fraction of sp³-hybridized carbons (Fsp3) is 0.750. The number of aliphatic carboxylic acids is 1. The van der Waals surface area contributed by atoms with Crippen molar-refractivity contribution in [3.8, 4) is 0 Å². The molecule has 0 aromatic rings. The average molecular weight is 201 g/mol. The predicted molar refractivity (Wildman–Crippen MR) is 49.6 cm³/mol. The highest BCUT2D eigenvalue weighted by molar-refractivity contribution is 5.94. The fourth-order valence-electron chi connectivity index (χ4n) is 1.49. The molecule has 80 valence electrons. The van der Waals surface area contributed by atoms with Gasteiger partial charge in [-0.2, -0.15) is 0 Å². The number of ketones is 1. The first-order valence-corrected chi connectivity index (χ1v) is 4.55. The second kappa shape index (κ2) is 4.50. The molecule has 1 heterocycles. The Kier molecular flexibility index (Phi) is 3.56. The van der Waals surface area contributed by atoms with Crippen LogP contribution in [0.15, 0.2) is 0 Å². The Morgan fingerprint density at radius 1 is 1.36 bits per heavy atom. The summed E-state index contributed by atoms with van der Waals surface area (Å²) >= 11 is 0. The van der Waals surface area contributed by atoms with E-state index in [1.807, 2.05) is 0 Å². The molecule has 6 heteroatoms. The molecule has 0 aliphatic carbocycles. The number of carbonyl (C=O) groups is 2. The van der Waals surface area contributed by atoms with Gasteiger partial charge in [0.05, 0.1) is 12.1 Å². The second-order valence-corrected chi connectivity index (χ2v) is 3.44. The zero-order chi connectivity index (χ0) is 10.7. The minimum absolute atomic E-state index is 0.308. The predicted octanol–water partition coefficient (Wildman–Crippen LogP) is -1.95. The number of rotatable bonds is 4. The topological polar surface area (TPSA) is 118 Å². The zero-order valence-corrected chi connectivity index (χ0v) is 7.77. The molecule has 0 radical (unpaired) electrons. The van der Waals surface area contributed by atoms with Crippen LogP contribution in [0.3, 0.4) is 0 Å². The molecule has 1 aliphatic rings. The molecule has 0 bridgehead atoms. The SMILES string of the molecule is NC(C(=O)O)C(N)C(=O)[C@H]1CCCN1. The van der Waals surface area contributed by atoms with E-state index in [9.17, 15) is 9.59 Å². The number of hydrogen-bond acceptors (Lipinski definition) is 5. The molecule has 0 saturated carbocycles. The van der Waals surface area contributed by atoms with Gasteiger partial charge in [-0.05, 0) is 19.4 Å². The smallest absolute Gasteiger partial charge is 0.322 e. The van der Waals surface area contributed by atoms with Crippen LogP contribution >= 0.6 is 0 Å². The first kappa shape index (κ1) is 11.1. The summed E-state index contributed by atoms with van der Waals surface area (Å²) < 4.78 is 0. The Balaban J connectivity index is 2.54. The van der Waals surface area contributed by atoms with Crippen molar-refractivity contribution in [1.82, 2.24) is 5.32 Å². The number of hydrogen-bond donors (Lipinski definition) is 4. The van der Waals surface area contributed by atoms with E-state index in [1.54, 1.807) is 0 Å². The van der Waals surface area contributed by atoms with Crippen molar-refractivity contribution < 1.29 is 14.7 Å². The molecule has 6 N–H and O–H groups in total. The Morgan fingerprint density at radius 3 is 2.43 bits per heavy atom. The van der Waals surface area contributed by atoms with Crippen molar-refractivity contribution in [3.05, 3.63) is 0 Å². The number of carboxylic acids is 1. The van der Waals surface area contributed by atoms with Gasteiger partial charge in [0.15, 0.2) is 5.78 Å². The van der Waals surface area contributed by atoms with E-state index in [0.29, 0.717) is 6.42 Å². The second-order valence-electron chi connectivity index (χ2n) is 3.44. The van der Waals surface area contributed by atoms with Gasteiger partial charge in [0, 0.05) is 0 Å². The third-order valence-electron chi connectivity index (χ3n) is 2.40. The minimum atomic E-state index is -1.31. The molecule has 14 heavy (non-hydrogen) atoms. The standard InChI is InChI=1S/C8H15N3O3/c9-5(6(10)8(13)14)7(12)4-2-1-3-11-4/h4-6,11H,1-3,9-10H2,(H,13,14)/t4-,5?,6?/m1/s1. The lowest BCUT2D eigenvalue weighted by molar-refractivity contribution is -0.141. The van der Waals surface area contributed by atoms with E-state index in [1.165, 1.54) is 0 Å². The molecule has 0 amide bonds. The van der Waals surface area contributed by atoms with Crippen molar-refractivity contribution in [1.29, 1.82) is 0 Å². The van der Waals surface area contributed by atoms with Gasteiger partial charge in [-0.3, -0.25) is 9.59 Å². The van der Waals surface area contributed by atoms with E-state index < -0.39 is 18.1 Å². The highest BCUT2D eigenvalue weighted by Gasteiger charge is 2.33. The molecule has 2 unspecified atom stereocenters. The Labute approximate surface area is 81.6 Å². The summed E-state index contributed by atoms with van der Waals surface area (Å²) in [5, 5.41) is 11.5. The minimum Gasteiger partial charge on any atom is -0.480 e. The normalized spacial score (nSPS) is 25.7. The third-order valence-corrected chi connectivity index (χ3v) is 2.40.